The van der Waals surface area contributed by atoms with Crippen molar-refractivity contribution < 1.29 is 99.5 Å². The van der Waals surface area contributed by atoms with E-state index < -0.39 is 35.4 Å². The van der Waals surface area contributed by atoms with Crippen LogP contribution in [0.4, 0.5) is 0 Å². The number of benzene rings is 5. The van der Waals surface area contributed by atoms with Gasteiger partial charge in [0.25, 0.3) is 0 Å². The van der Waals surface area contributed by atoms with E-state index in [0.717, 1.165) is 152 Å². The molecule has 0 unspecified atom stereocenters. The molecule has 20 heteroatoms. The number of unbranched alkanes of at least 4 members (excludes halogenated alkanes) is 7. The lowest BCUT2D eigenvalue weighted by Gasteiger charge is -2.47. The van der Waals surface area contributed by atoms with Gasteiger partial charge in [-0.2, -0.15) is 0 Å². The minimum absolute atomic E-state index is 0.00490. The summed E-state index contributed by atoms with van der Waals surface area (Å²) in [4.78, 5) is 59.3. The summed E-state index contributed by atoms with van der Waals surface area (Å²) in [6, 6.07) is 8.40. The molecule has 0 bridgehead atoms. The molecular formula is C107H144O20. The minimum Gasteiger partial charge on any atom is -0.507 e. The third-order valence-corrected chi connectivity index (χ3v) is 27.9. The highest BCUT2D eigenvalue weighted by Crippen LogP contribution is 2.60. The van der Waals surface area contributed by atoms with Crippen molar-refractivity contribution in [2.24, 2.45) is 29.6 Å². The summed E-state index contributed by atoms with van der Waals surface area (Å²) in [5, 5.41) is 124. The first kappa shape index (κ1) is 100. The van der Waals surface area contributed by atoms with Gasteiger partial charge in [-0.15, -0.1) is 0 Å². The SMILES string of the molecule is C=C(C)[C@@H]1CCC(C)=C[C@H]1c1c(O)cc(CCC)c(C(=O)O)c1O.C=C(C)[C@@H]1CCC(C)=C[C@H]1c1c(O)cc(CCCCC)c(C(=O)O)c1O.CCCCCc1cc(O)c2c(c1C(=O)O)OC(C)(C)[C@@H]1CCC(C)=C[C@@H]21.CCCCCc1cc2c(c(O)c1C(=O)O)[C@@H]1C=C(C)CC[C@H]1C(C)(C)O2.CCCCc1cc2c(c(O)c1C(=O)O)[C@@H]1C=C(C)CC[C@H]1C(C)(C)O2. The third-order valence-electron chi connectivity index (χ3n) is 27.9. The van der Waals surface area contributed by atoms with Crippen molar-refractivity contribution in [2.75, 3.05) is 0 Å². The molecular weight excluding hydrogens is 1610 g/mol. The molecule has 692 valence electrons. The Morgan fingerprint density at radius 2 is 0.591 bits per heavy atom. The fourth-order valence-electron chi connectivity index (χ4n) is 21.3. The van der Waals surface area contributed by atoms with E-state index in [2.05, 4.69) is 108 Å². The zero-order chi connectivity index (χ0) is 93.9. The highest BCUT2D eigenvalue weighted by atomic mass is 16.5. The van der Waals surface area contributed by atoms with Crippen LogP contribution >= 0.6 is 0 Å². The number of aromatic carboxylic acids is 5. The minimum atomic E-state index is -1.17. The number of rotatable bonds is 26. The van der Waals surface area contributed by atoms with Gasteiger partial charge >= 0.3 is 29.8 Å². The Bertz CT molecular complexity index is 5070. The molecule has 5 aliphatic carbocycles. The zero-order valence-corrected chi connectivity index (χ0v) is 78.7. The van der Waals surface area contributed by atoms with Crippen LogP contribution in [0.2, 0.25) is 0 Å². The average molecular weight is 1750 g/mol. The zero-order valence-electron chi connectivity index (χ0n) is 78.7. The fourth-order valence-corrected chi connectivity index (χ4v) is 21.3. The maximum Gasteiger partial charge on any atom is 0.339 e. The van der Waals surface area contributed by atoms with E-state index >= 15 is 0 Å². The lowest BCUT2D eigenvalue weighted by molar-refractivity contribution is 0.00894. The van der Waals surface area contributed by atoms with Crippen LogP contribution < -0.4 is 14.2 Å². The van der Waals surface area contributed by atoms with Crippen molar-refractivity contribution in [1.82, 2.24) is 0 Å². The second-order valence-electron chi connectivity index (χ2n) is 38.9. The van der Waals surface area contributed by atoms with Crippen LogP contribution in [0.1, 0.15) is 403 Å². The molecule has 3 heterocycles. The Balaban J connectivity index is 0.000000179. The molecule has 0 saturated carbocycles. The second-order valence-corrected chi connectivity index (χ2v) is 38.9. The van der Waals surface area contributed by atoms with E-state index in [9.17, 15) is 85.3 Å². The van der Waals surface area contributed by atoms with Gasteiger partial charge in [-0.05, 0) is 282 Å². The molecule has 0 spiro atoms. The van der Waals surface area contributed by atoms with E-state index in [0.29, 0.717) is 105 Å². The van der Waals surface area contributed by atoms with E-state index in [1.807, 2.05) is 72.8 Å². The van der Waals surface area contributed by atoms with Crippen LogP contribution in [0.5, 0.6) is 57.5 Å². The number of aromatic hydroxyl groups is 7. The summed E-state index contributed by atoms with van der Waals surface area (Å²) >= 11 is 0. The summed E-state index contributed by atoms with van der Waals surface area (Å²) in [6.45, 7) is 45.1. The van der Waals surface area contributed by atoms with Crippen LogP contribution in [0.25, 0.3) is 0 Å². The van der Waals surface area contributed by atoms with E-state index in [4.69, 9.17) is 14.2 Å². The molecule has 127 heavy (non-hydrogen) atoms. The fraction of sp³-hybridized carbons (Fsp3) is 0.542. The van der Waals surface area contributed by atoms with Crippen molar-refractivity contribution in [2.45, 2.75) is 344 Å². The number of carboxylic acid groups (broad SMARTS) is 5. The van der Waals surface area contributed by atoms with Gasteiger partial charge < -0.3 is 75.5 Å². The van der Waals surface area contributed by atoms with Gasteiger partial charge in [-0.3, -0.25) is 0 Å². The number of hydrogen-bond acceptors (Lipinski definition) is 15. The number of carboxylic acids is 5. The second kappa shape index (κ2) is 42.7. The summed E-state index contributed by atoms with van der Waals surface area (Å²) in [5.74, 6) is -4.11. The maximum atomic E-state index is 12.1. The number of aryl methyl sites for hydroxylation is 5. The Labute approximate surface area is 753 Å². The van der Waals surface area contributed by atoms with Gasteiger partial charge in [-0.25, -0.2) is 24.0 Å². The third kappa shape index (κ3) is 22.5. The first-order valence-electron chi connectivity index (χ1n) is 46.5. The topological polar surface area (TPSA) is 356 Å². The number of fused-ring (bicyclic) bond motifs is 9. The van der Waals surface area contributed by atoms with Gasteiger partial charge in [0.05, 0.1) is 0 Å². The molecule has 5 aromatic carbocycles. The van der Waals surface area contributed by atoms with Gasteiger partial charge in [0.1, 0.15) is 102 Å². The Hall–Kier alpha value is -10.4. The van der Waals surface area contributed by atoms with Crippen molar-refractivity contribution in [1.29, 1.82) is 0 Å². The molecule has 13 rings (SSSR count). The smallest absolute Gasteiger partial charge is 0.339 e. The summed E-state index contributed by atoms with van der Waals surface area (Å²) in [6.07, 6.45) is 34.6. The summed E-state index contributed by atoms with van der Waals surface area (Å²) in [7, 11) is 0. The van der Waals surface area contributed by atoms with E-state index in [1.165, 1.54) is 40.0 Å². The predicted octanol–water partition coefficient (Wildman–Crippen LogP) is 26.2. The van der Waals surface area contributed by atoms with Crippen molar-refractivity contribution in [3.8, 4) is 57.5 Å². The first-order chi connectivity index (χ1) is 59.8. The lowest BCUT2D eigenvalue weighted by atomic mass is 9.67. The number of hydrogen-bond donors (Lipinski definition) is 12. The molecule has 3 aliphatic heterocycles. The van der Waals surface area contributed by atoms with Crippen LogP contribution in [0.15, 0.2) is 113 Å². The molecule has 0 saturated heterocycles. The highest BCUT2D eigenvalue weighted by Gasteiger charge is 2.51. The number of phenols is 7. The lowest BCUT2D eigenvalue weighted by Crippen LogP contribution is -2.45. The van der Waals surface area contributed by atoms with Crippen LogP contribution in [0.3, 0.4) is 0 Å². The summed E-state index contributed by atoms with van der Waals surface area (Å²) in [5.41, 5.74) is 12.7. The van der Waals surface area contributed by atoms with Crippen LogP contribution in [-0.4, -0.2) is 108 Å². The van der Waals surface area contributed by atoms with Gasteiger partial charge in [0.15, 0.2) is 0 Å². The maximum absolute atomic E-state index is 12.1. The van der Waals surface area contributed by atoms with E-state index in [-0.39, 0.29) is 138 Å². The van der Waals surface area contributed by atoms with E-state index in [1.54, 1.807) is 6.07 Å². The Kier molecular flexibility index (Phi) is 33.8. The Morgan fingerprint density at radius 3 is 0.898 bits per heavy atom. The van der Waals surface area contributed by atoms with Gasteiger partial charge in [0, 0.05) is 75.2 Å². The van der Waals surface area contributed by atoms with Crippen molar-refractivity contribution in [3.05, 3.63) is 196 Å². The standard InChI is InChI=1S/3C22H30O4.C21H28O4.C20H26O4/c1-5-6-7-8-14-12-17-19(20(23)18(14)21(24)25)15-11-13(2)9-10-16(15)22(3,4)26-17;1-5-6-7-8-14-12-17(23)19-15-11-13(2)9-10-16(15)22(3,4)26-20(19)18(14)21(24)25;1-5-6-7-8-15-12-18(23)20(21(24)19(15)22(25)26)17-11-14(4)9-10-16(17)13(2)3;1-5-6-7-13-11-16-18(19(22)17(13)20(23)24)14-10-12(2)8-9-15(14)21(3,4)25-16;1-5-6-13-10-16(21)18(19(22)17(13)20(23)24)15-9-12(4)7-8-14(15)11(2)3/h2*11-12,15-16,23H,5-10H2,1-4H3,(H,24,25);11-12,16-17,23-24H,2,5-10H2,1,3-4H3,(H,25,26);10-11,14-15,22H,5-9H2,1-4H3,(H,23,24);9-10,14-15,21-22H,2,5-8H2,1,3-4H3,(H,23,24)/t2*15-,16-;16-,17+;14-,15-;14-,15+/m11010/s1. The molecule has 10 atom stereocenters. The number of ether oxygens (including phenoxy) is 3. The number of carbonyl (C=O) groups is 5. The van der Waals surface area contributed by atoms with Crippen molar-refractivity contribution in [3.63, 3.8) is 0 Å². The number of phenolic OH excluding ortho intramolecular Hbond substituents is 3. The Morgan fingerprint density at radius 1 is 0.331 bits per heavy atom. The molecule has 0 fully saturated rings. The quantitative estimate of drug-likeness (QED) is 0.0181. The highest BCUT2D eigenvalue weighted by molar-refractivity contribution is 5.97. The predicted molar refractivity (Wildman–Crippen MR) is 501 cm³/mol. The normalized spacial score (nSPS) is 22.3. The van der Waals surface area contributed by atoms with Crippen LogP contribution in [0, 0.1) is 29.6 Å². The number of allylic oxidation sites excluding steroid dienone is 12. The monoisotopic (exact) mass is 1750 g/mol. The van der Waals surface area contributed by atoms with Gasteiger partial charge in [0.2, 0.25) is 0 Å². The molecule has 5 aromatic rings. The molecule has 0 radical (unpaired) electrons. The molecule has 0 amide bonds. The largest absolute Gasteiger partial charge is 0.507 e. The van der Waals surface area contributed by atoms with Gasteiger partial charge in [-0.1, -0.05) is 169 Å². The molecule has 12 N–H and O–H groups in total. The average Bonchev–Trinajstić information content (AvgIpc) is 0.734. The van der Waals surface area contributed by atoms with Crippen LogP contribution in [-0.2, 0) is 32.1 Å². The first-order valence-corrected chi connectivity index (χ1v) is 46.5. The molecule has 8 aliphatic rings. The molecule has 20 nitrogen and oxygen atoms in total. The van der Waals surface area contributed by atoms with Crippen molar-refractivity contribution >= 4 is 29.8 Å². The molecule has 0 aromatic heterocycles. The summed E-state index contributed by atoms with van der Waals surface area (Å²) < 4.78 is 18.9.